The van der Waals surface area contributed by atoms with E-state index in [0.717, 1.165) is 11.8 Å². The summed E-state index contributed by atoms with van der Waals surface area (Å²) in [4.78, 5) is 0. The first-order valence-corrected chi connectivity index (χ1v) is 5.50. The molecule has 0 aromatic carbocycles. The maximum Gasteiger partial charge on any atom is 0.0894 e. The van der Waals surface area contributed by atoms with Crippen LogP contribution < -0.4 is 0 Å². The largest absolute Gasteiger partial charge is 0.110 e. The van der Waals surface area contributed by atoms with E-state index in [1.54, 1.807) is 0 Å². The van der Waals surface area contributed by atoms with Gasteiger partial charge in [-0.1, -0.05) is 52.1 Å². The Hall–Kier alpha value is 1.25. The minimum atomic E-state index is 0.136. The number of halogens is 3. The first kappa shape index (κ1) is 12.9. The highest BCUT2D eigenvalue weighted by molar-refractivity contribution is 9.10. The minimum Gasteiger partial charge on any atom is -0.110 e. The van der Waals surface area contributed by atoms with Gasteiger partial charge in [0, 0.05) is 5.33 Å². The fraction of sp³-hybridized carbons (Fsp3) is 1.00. The molecule has 58 valence electrons. The second-order valence-corrected chi connectivity index (χ2v) is 4.53. The fourth-order valence-corrected chi connectivity index (χ4v) is 1.76. The van der Waals surface area contributed by atoms with Gasteiger partial charge in [0.1, 0.15) is 0 Å². The zero-order valence-electron chi connectivity index (χ0n) is 5.83. The third kappa shape index (κ3) is 26.9. The van der Waals surface area contributed by atoms with Crippen LogP contribution in [0.25, 0.3) is 0 Å². The summed E-state index contributed by atoms with van der Waals surface area (Å²) in [5, 5.41) is 0.965. The van der Waals surface area contributed by atoms with Crippen molar-refractivity contribution in [3.63, 3.8) is 0 Å². The lowest BCUT2D eigenvalue weighted by atomic mass is 10.6. The maximum absolute atomic E-state index is 5.46. The Balaban J connectivity index is 0. The number of alkyl halides is 3. The summed E-state index contributed by atoms with van der Waals surface area (Å²) >= 11 is 11.9. The van der Waals surface area contributed by atoms with Crippen molar-refractivity contribution in [1.29, 1.82) is 0 Å². The van der Waals surface area contributed by atoms with Gasteiger partial charge < -0.3 is 0 Å². The lowest BCUT2D eigenvalue weighted by molar-refractivity contribution is 1.09. The standard InChI is InChI=1S/C3H5Br2Cl.C3H8/c4-2-1-3(5)6;1-3-2/h3H,1-2H2;3H2,1-2H3. The summed E-state index contributed by atoms with van der Waals surface area (Å²) in [5.41, 5.74) is 0. The van der Waals surface area contributed by atoms with Crippen molar-refractivity contribution in [2.45, 2.75) is 31.0 Å². The molecule has 0 amide bonds. The zero-order chi connectivity index (χ0) is 7.70. The van der Waals surface area contributed by atoms with Crippen molar-refractivity contribution < 1.29 is 0 Å². The highest BCUT2D eigenvalue weighted by Crippen LogP contribution is 2.09. The number of hydrogen-bond donors (Lipinski definition) is 0. The zero-order valence-corrected chi connectivity index (χ0v) is 9.76. The quantitative estimate of drug-likeness (QED) is 0.667. The van der Waals surface area contributed by atoms with E-state index in [9.17, 15) is 0 Å². The summed E-state index contributed by atoms with van der Waals surface area (Å²) in [6.07, 6.45) is 2.22. The molecular formula is C6H13Br2Cl. The molecule has 0 saturated carbocycles. The van der Waals surface area contributed by atoms with E-state index in [4.69, 9.17) is 11.6 Å². The van der Waals surface area contributed by atoms with E-state index in [-0.39, 0.29) is 4.29 Å². The third-order valence-corrected chi connectivity index (χ3v) is 1.46. The average Bonchev–Trinajstić information content (AvgIpc) is 1.67. The molecule has 9 heavy (non-hydrogen) atoms. The van der Waals surface area contributed by atoms with Crippen LogP contribution in [0, 0.1) is 0 Å². The molecule has 0 heterocycles. The molecule has 0 aliphatic carbocycles. The van der Waals surface area contributed by atoms with Crippen LogP contribution in [-0.4, -0.2) is 9.62 Å². The summed E-state index contributed by atoms with van der Waals surface area (Å²) in [5.74, 6) is 0. The second-order valence-electron chi connectivity index (χ2n) is 1.58. The molecule has 0 aromatic rings. The van der Waals surface area contributed by atoms with Crippen LogP contribution in [0.1, 0.15) is 26.7 Å². The van der Waals surface area contributed by atoms with Crippen LogP contribution in [0.2, 0.25) is 0 Å². The SMILES string of the molecule is CCC.ClC(Br)CCBr. The minimum absolute atomic E-state index is 0.136. The molecule has 0 radical (unpaired) electrons. The van der Waals surface area contributed by atoms with Gasteiger partial charge in [0.2, 0.25) is 0 Å². The summed E-state index contributed by atoms with van der Waals surface area (Å²) < 4.78 is 0.136. The fourth-order valence-electron chi connectivity index (χ4n) is 0.0825. The van der Waals surface area contributed by atoms with Gasteiger partial charge in [0.15, 0.2) is 0 Å². The van der Waals surface area contributed by atoms with E-state index < -0.39 is 0 Å². The third-order valence-electron chi connectivity index (χ3n) is 0.327. The molecule has 0 nitrogen and oxygen atoms in total. The first-order valence-electron chi connectivity index (χ1n) is 3.03. The second kappa shape index (κ2) is 12.0. The molecule has 1 unspecified atom stereocenters. The van der Waals surface area contributed by atoms with E-state index >= 15 is 0 Å². The van der Waals surface area contributed by atoms with Crippen molar-refractivity contribution >= 4 is 43.5 Å². The normalized spacial score (nSPS) is 11.7. The molecule has 0 spiro atoms. The van der Waals surface area contributed by atoms with Gasteiger partial charge in [-0.2, -0.15) is 0 Å². The monoisotopic (exact) mass is 278 g/mol. The van der Waals surface area contributed by atoms with Crippen LogP contribution in [0.3, 0.4) is 0 Å². The molecular weight excluding hydrogens is 267 g/mol. The lowest BCUT2D eigenvalue weighted by Crippen LogP contribution is -1.83. The summed E-state index contributed by atoms with van der Waals surface area (Å²) in [6, 6.07) is 0. The molecule has 0 aliphatic heterocycles. The van der Waals surface area contributed by atoms with Gasteiger partial charge in [0.25, 0.3) is 0 Å². The van der Waals surface area contributed by atoms with Crippen molar-refractivity contribution in [2.75, 3.05) is 5.33 Å². The lowest BCUT2D eigenvalue weighted by Gasteiger charge is -1.90. The molecule has 0 rings (SSSR count). The predicted molar refractivity (Wildman–Crippen MR) is 52.9 cm³/mol. The van der Waals surface area contributed by atoms with Crippen molar-refractivity contribution in [1.82, 2.24) is 0 Å². The van der Waals surface area contributed by atoms with Gasteiger partial charge in [-0.15, -0.1) is 11.6 Å². The Morgan fingerprint density at radius 1 is 1.44 bits per heavy atom. The first-order chi connectivity index (χ1) is 4.18. The van der Waals surface area contributed by atoms with Crippen molar-refractivity contribution in [3.05, 3.63) is 0 Å². The van der Waals surface area contributed by atoms with Gasteiger partial charge in [-0.3, -0.25) is 0 Å². The van der Waals surface area contributed by atoms with Gasteiger partial charge in [-0.25, -0.2) is 0 Å². The molecule has 1 atom stereocenters. The highest BCUT2D eigenvalue weighted by atomic mass is 79.9. The van der Waals surface area contributed by atoms with Crippen LogP contribution in [0.4, 0.5) is 0 Å². The van der Waals surface area contributed by atoms with Crippen LogP contribution in [0.5, 0.6) is 0 Å². The van der Waals surface area contributed by atoms with Gasteiger partial charge in [-0.05, 0) is 6.42 Å². The Bertz CT molecular complexity index is 40.0. The van der Waals surface area contributed by atoms with Gasteiger partial charge >= 0.3 is 0 Å². The van der Waals surface area contributed by atoms with Crippen LogP contribution >= 0.6 is 43.5 Å². The Labute approximate surface area is 79.6 Å². The van der Waals surface area contributed by atoms with E-state index in [1.165, 1.54) is 6.42 Å². The highest BCUT2D eigenvalue weighted by Gasteiger charge is 1.91. The van der Waals surface area contributed by atoms with Crippen molar-refractivity contribution in [3.8, 4) is 0 Å². The van der Waals surface area contributed by atoms with E-state index in [2.05, 4.69) is 45.7 Å². The van der Waals surface area contributed by atoms with Crippen molar-refractivity contribution in [2.24, 2.45) is 0 Å². The molecule has 0 fully saturated rings. The average molecular weight is 280 g/mol. The smallest absolute Gasteiger partial charge is 0.0894 e. The summed E-state index contributed by atoms with van der Waals surface area (Å²) in [6.45, 7) is 4.25. The van der Waals surface area contributed by atoms with E-state index in [1.807, 2.05) is 0 Å². The molecule has 0 aliphatic rings. The predicted octanol–water partition coefficient (Wildman–Crippen LogP) is 4.15. The van der Waals surface area contributed by atoms with Gasteiger partial charge in [0.05, 0.1) is 4.29 Å². The van der Waals surface area contributed by atoms with Crippen LogP contribution in [-0.2, 0) is 0 Å². The number of hydrogen-bond acceptors (Lipinski definition) is 0. The maximum atomic E-state index is 5.46. The molecule has 0 saturated heterocycles. The topological polar surface area (TPSA) is 0 Å². The molecule has 0 bridgehead atoms. The van der Waals surface area contributed by atoms with E-state index in [0.29, 0.717) is 0 Å². The Kier molecular flexibility index (Phi) is 17.1. The Morgan fingerprint density at radius 3 is 1.78 bits per heavy atom. The van der Waals surface area contributed by atoms with Crippen LogP contribution in [0.15, 0.2) is 0 Å². The number of rotatable bonds is 2. The molecule has 0 aromatic heterocycles. The molecule has 3 heteroatoms. The summed E-state index contributed by atoms with van der Waals surface area (Å²) in [7, 11) is 0. The Morgan fingerprint density at radius 2 is 1.78 bits per heavy atom. The molecule has 0 N–H and O–H groups in total.